The van der Waals surface area contributed by atoms with Gasteiger partial charge in [0.15, 0.2) is 6.10 Å². The topological polar surface area (TPSA) is 66.5 Å². The van der Waals surface area contributed by atoms with Gasteiger partial charge in [0.25, 0.3) is 11.6 Å². The normalized spacial score (nSPS) is 27.4. The first-order valence-electron chi connectivity index (χ1n) is 9.84. The average Bonchev–Trinajstić information content (AvgIpc) is 3.10. The van der Waals surface area contributed by atoms with Crippen LogP contribution in [0.4, 0.5) is 18.9 Å². The summed E-state index contributed by atoms with van der Waals surface area (Å²) < 4.78 is 47.7. The Morgan fingerprint density at radius 1 is 1.33 bits per heavy atom. The number of amides is 1. The van der Waals surface area contributed by atoms with E-state index in [9.17, 15) is 18.0 Å². The Morgan fingerprint density at radius 3 is 2.83 bits per heavy atom. The molecule has 0 aliphatic carbocycles. The molecule has 0 bridgehead atoms. The summed E-state index contributed by atoms with van der Waals surface area (Å²) in [4.78, 5) is 18.8. The number of carbonyl (C=O) groups is 1. The van der Waals surface area contributed by atoms with Crippen LogP contribution in [0.1, 0.15) is 12.5 Å². The summed E-state index contributed by atoms with van der Waals surface area (Å²) in [5, 5.41) is 6.19. The van der Waals surface area contributed by atoms with E-state index in [4.69, 9.17) is 4.74 Å². The van der Waals surface area contributed by atoms with Crippen LogP contribution in [0.2, 0.25) is 0 Å². The lowest BCUT2D eigenvalue weighted by Gasteiger charge is -2.38. The SMILES string of the molecule is C[C@@H]1CN(c2ccc(C(F)(F)P)c3ncccc23)C[C@H](C(=O)N[C@@H]2CNC[C@@H]2F)O1. The van der Waals surface area contributed by atoms with Crippen molar-refractivity contribution in [2.45, 2.75) is 37.0 Å². The predicted molar refractivity (Wildman–Crippen MR) is 112 cm³/mol. The highest BCUT2D eigenvalue weighted by Gasteiger charge is 2.36. The van der Waals surface area contributed by atoms with Crippen LogP contribution in [-0.2, 0) is 15.2 Å². The Hall–Kier alpha value is -1.96. The van der Waals surface area contributed by atoms with Gasteiger partial charge < -0.3 is 20.3 Å². The molecular formula is C20H24F3N4O2P. The van der Waals surface area contributed by atoms with Crippen LogP contribution in [0.5, 0.6) is 0 Å². The average molecular weight is 440 g/mol. The number of ether oxygens (including phenoxy) is 1. The van der Waals surface area contributed by atoms with Crippen LogP contribution in [-0.4, -0.2) is 61.5 Å². The minimum Gasteiger partial charge on any atom is -0.365 e. The minimum atomic E-state index is -3.11. The number of halogens is 3. The molecule has 2 aliphatic heterocycles. The fourth-order valence-corrected chi connectivity index (χ4v) is 4.29. The molecule has 10 heteroatoms. The van der Waals surface area contributed by atoms with Gasteiger partial charge in [-0.25, -0.2) is 4.39 Å². The van der Waals surface area contributed by atoms with Crippen LogP contribution >= 0.6 is 9.24 Å². The van der Waals surface area contributed by atoms with Gasteiger partial charge in [0.05, 0.1) is 29.8 Å². The number of anilines is 1. The molecule has 2 saturated heterocycles. The largest absolute Gasteiger partial charge is 0.365 e. The molecule has 30 heavy (non-hydrogen) atoms. The van der Waals surface area contributed by atoms with E-state index in [0.29, 0.717) is 24.2 Å². The van der Waals surface area contributed by atoms with Crippen LogP contribution in [0, 0.1) is 0 Å². The van der Waals surface area contributed by atoms with Crippen molar-refractivity contribution in [1.82, 2.24) is 15.6 Å². The molecule has 1 aromatic heterocycles. The second kappa shape index (κ2) is 8.29. The van der Waals surface area contributed by atoms with Crippen molar-refractivity contribution in [1.29, 1.82) is 0 Å². The Balaban J connectivity index is 1.61. The lowest BCUT2D eigenvalue weighted by molar-refractivity contribution is -0.138. The molecule has 0 spiro atoms. The fourth-order valence-electron chi connectivity index (χ4n) is 4.06. The maximum Gasteiger partial charge on any atom is 0.285 e. The minimum absolute atomic E-state index is 0.176. The van der Waals surface area contributed by atoms with Crippen molar-refractivity contribution in [2.75, 3.05) is 31.1 Å². The summed E-state index contributed by atoms with van der Waals surface area (Å²) in [6.07, 6.45) is -0.724. The van der Waals surface area contributed by atoms with Crippen LogP contribution in [0.15, 0.2) is 30.5 Å². The molecule has 2 fully saturated rings. The van der Waals surface area contributed by atoms with Gasteiger partial charge in [-0.15, -0.1) is 0 Å². The highest BCUT2D eigenvalue weighted by molar-refractivity contribution is 7.17. The monoisotopic (exact) mass is 440 g/mol. The second-order valence-corrected chi connectivity index (χ2v) is 8.51. The van der Waals surface area contributed by atoms with E-state index in [1.54, 1.807) is 27.4 Å². The highest BCUT2D eigenvalue weighted by Crippen LogP contribution is 2.41. The number of rotatable bonds is 4. The molecule has 0 radical (unpaired) electrons. The number of pyridine rings is 1. The second-order valence-electron chi connectivity index (χ2n) is 7.78. The lowest BCUT2D eigenvalue weighted by atomic mass is 10.1. The third kappa shape index (κ3) is 4.24. The maximum absolute atomic E-state index is 14.0. The summed E-state index contributed by atoms with van der Waals surface area (Å²) in [6, 6.07) is 5.84. The van der Waals surface area contributed by atoms with Crippen LogP contribution < -0.4 is 15.5 Å². The van der Waals surface area contributed by atoms with E-state index in [1.807, 2.05) is 11.8 Å². The van der Waals surface area contributed by atoms with Gasteiger partial charge in [0, 0.05) is 36.9 Å². The number of nitrogens with one attached hydrogen (secondary N) is 2. The first kappa shape index (κ1) is 21.3. The number of morpholine rings is 1. The maximum atomic E-state index is 14.0. The number of nitrogens with zero attached hydrogens (tertiary/aromatic N) is 2. The number of hydrogen-bond donors (Lipinski definition) is 2. The van der Waals surface area contributed by atoms with Gasteiger partial charge in [-0.3, -0.25) is 9.78 Å². The van der Waals surface area contributed by atoms with Crippen molar-refractivity contribution in [3.05, 3.63) is 36.0 Å². The van der Waals surface area contributed by atoms with Crippen molar-refractivity contribution < 1.29 is 22.7 Å². The van der Waals surface area contributed by atoms with Gasteiger partial charge in [-0.05, 0) is 31.2 Å². The van der Waals surface area contributed by atoms with E-state index >= 15 is 0 Å². The van der Waals surface area contributed by atoms with Gasteiger partial charge >= 0.3 is 0 Å². The molecule has 2 aromatic rings. The van der Waals surface area contributed by atoms with E-state index in [-0.39, 0.29) is 36.2 Å². The first-order valence-corrected chi connectivity index (χ1v) is 10.4. The van der Waals surface area contributed by atoms with Crippen molar-refractivity contribution >= 4 is 31.7 Å². The van der Waals surface area contributed by atoms with Gasteiger partial charge in [-0.1, -0.05) is 9.24 Å². The third-order valence-electron chi connectivity index (χ3n) is 5.47. The Labute approximate surface area is 174 Å². The Kier molecular flexibility index (Phi) is 5.88. The summed E-state index contributed by atoms with van der Waals surface area (Å²) in [6.45, 7) is 3.15. The molecule has 0 saturated carbocycles. The lowest BCUT2D eigenvalue weighted by Crippen LogP contribution is -2.55. The molecule has 5 atom stereocenters. The van der Waals surface area contributed by atoms with Crippen molar-refractivity contribution in [2.24, 2.45) is 0 Å². The molecule has 4 rings (SSSR count). The number of benzene rings is 1. The predicted octanol–water partition coefficient (Wildman–Crippen LogP) is 2.18. The van der Waals surface area contributed by atoms with E-state index in [2.05, 4.69) is 15.6 Å². The summed E-state index contributed by atoms with van der Waals surface area (Å²) in [5.74, 6) is -0.376. The molecule has 2 aliphatic rings. The summed E-state index contributed by atoms with van der Waals surface area (Å²) in [7, 11) is 1.55. The van der Waals surface area contributed by atoms with Crippen molar-refractivity contribution in [3.8, 4) is 0 Å². The molecule has 2 N–H and O–H groups in total. The number of carbonyl (C=O) groups excluding carboxylic acids is 1. The zero-order valence-electron chi connectivity index (χ0n) is 16.4. The number of aromatic nitrogens is 1. The van der Waals surface area contributed by atoms with E-state index in [0.717, 1.165) is 0 Å². The molecule has 6 nitrogen and oxygen atoms in total. The Bertz CT molecular complexity index is 942. The molecule has 1 amide bonds. The van der Waals surface area contributed by atoms with Gasteiger partial charge in [0.2, 0.25) is 0 Å². The Morgan fingerprint density at radius 2 is 2.13 bits per heavy atom. The van der Waals surface area contributed by atoms with Crippen molar-refractivity contribution in [3.63, 3.8) is 0 Å². The molecule has 1 unspecified atom stereocenters. The number of alkyl halides is 3. The third-order valence-corrected chi connectivity index (χ3v) is 5.78. The molecule has 162 valence electrons. The number of fused-ring (bicyclic) bond motifs is 1. The fraction of sp³-hybridized carbons (Fsp3) is 0.500. The zero-order valence-corrected chi connectivity index (χ0v) is 17.6. The van der Waals surface area contributed by atoms with Gasteiger partial charge in [-0.2, -0.15) is 8.78 Å². The first-order chi connectivity index (χ1) is 14.2. The van der Waals surface area contributed by atoms with E-state index < -0.39 is 24.0 Å². The van der Waals surface area contributed by atoms with Gasteiger partial charge in [0.1, 0.15) is 6.17 Å². The van der Waals surface area contributed by atoms with Crippen LogP contribution in [0.25, 0.3) is 10.9 Å². The number of hydrogen-bond acceptors (Lipinski definition) is 5. The smallest absolute Gasteiger partial charge is 0.285 e. The molecular weight excluding hydrogens is 416 g/mol. The summed E-state index contributed by atoms with van der Waals surface area (Å²) >= 11 is 0. The van der Waals surface area contributed by atoms with E-state index in [1.165, 1.54) is 12.3 Å². The zero-order chi connectivity index (χ0) is 21.5. The quantitative estimate of drug-likeness (QED) is 0.714. The summed E-state index contributed by atoms with van der Waals surface area (Å²) in [5.41, 5.74) is -2.36. The standard InChI is InChI=1S/C20H24F3N4O2P/c1-11-9-27(10-17(29-11)19(28)26-15-8-24-7-14(15)21)16-5-4-13(20(22,23)30)18-12(16)3-2-6-25-18/h2-6,11,14-15,17,24H,7-10,30H2,1H3,(H,26,28)/t11-,14+,15-,17-/m1/s1. The highest BCUT2D eigenvalue weighted by atomic mass is 31.0. The van der Waals surface area contributed by atoms with Crippen LogP contribution in [0.3, 0.4) is 0 Å². The molecule has 3 heterocycles. The molecule has 1 aromatic carbocycles.